The summed E-state index contributed by atoms with van der Waals surface area (Å²) in [6.45, 7) is 2.03. The number of hydrogen-bond acceptors (Lipinski definition) is 2. The van der Waals surface area contributed by atoms with Gasteiger partial charge in [0.2, 0.25) is 0 Å². The Hall–Kier alpha value is -0.880. The summed E-state index contributed by atoms with van der Waals surface area (Å²) >= 11 is 7.64. The van der Waals surface area contributed by atoms with Gasteiger partial charge in [-0.3, -0.25) is 0 Å². The zero-order valence-electron chi connectivity index (χ0n) is 11.7. The lowest BCUT2D eigenvalue weighted by Gasteiger charge is -2.16. The lowest BCUT2D eigenvalue weighted by Crippen LogP contribution is -2.09. The molecule has 0 aliphatic carbocycles. The van der Waals surface area contributed by atoms with E-state index in [9.17, 15) is 13.2 Å². The molecule has 0 amide bonds. The molecular weight excluding hydrogens is 321 g/mol. The van der Waals surface area contributed by atoms with E-state index in [1.165, 1.54) is 6.07 Å². The van der Waals surface area contributed by atoms with Gasteiger partial charge in [0.15, 0.2) is 0 Å². The van der Waals surface area contributed by atoms with Crippen LogP contribution >= 0.6 is 23.4 Å². The molecular formula is C14H16ClF3N2S. The quantitative estimate of drug-likeness (QED) is 0.706. The third-order valence-electron chi connectivity index (χ3n) is 3.39. The highest BCUT2D eigenvalue weighted by atomic mass is 35.5. The summed E-state index contributed by atoms with van der Waals surface area (Å²) < 4.78 is 40.2. The van der Waals surface area contributed by atoms with Crippen molar-refractivity contribution >= 4 is 34.4 Å². The number of aromatic nitrogens is 2. The van der Waals surface area contributed by atoms with Gasteiger partial charge in [-0.1, -0.05) is 0 Å². The molecule has 21 heavy (non-hydrogen) atoms. The summed E-state index contributed by atoms with van der Waals surface area (Å²) in [6, 6.07) is 3.81. The fourth-order valence-electron chi connectivity index (χ4n) is 2.33. The monoisotopic (exact) mass is 336 g/mol. The Balaban J connectivity index is 2.49. The number of hydrogen-bond donors (Lipinski definition) is 0. The first-order valence-corrected chi connectivity index (χ1v) is 8.44. The van der Waals surface area contributed by atoms with Gasteiger partial charge in [0.1, 0.15) is 5.82 Å². The molecule has 0 fully saturated rings. The summed E-state index contributed by atoms with van der Waals surface area (Å²) in [5.74, 6) is 1.77. The lowest BCUT2D eigenvalue weighted by molar-refractivity contribution is -0.137. The molecule has 0 aliphatic rings. The lowest BCUT2D eigenvalue weighted by atomic mass is 10.2. The van der Waals surface area contributed by atoms with Crippen LogP contribution in [-0.2, 0) is 12.1 Å². The fourth-order valence-corrected chi connectivity index (χ4v) is 3.09. The van der Waals surface area contributed by atoms with E-state index in [0.717, 1.165) is 24.3 Å². The maximum Gasteiger partial charge on any atom is 0.416 e. The Bertz CT molecular complexity index is 624. The van der Waals surface area contributed by atoms with E-state index in [0.29, 0.717) is 16.9 Å². The molecule has 2 nitrogen and oxygen atoms in total. The summed E-state index contributed by atoms with van der Waals surface area (Å²) in [5, 5.41) is 0. The van der Waals surface area contributed by atoms with Gasteiger partial charge in [-0.05, 0) is 43.6 Å². The molecule has 7 heteroatoms. The first-order valence-electron chi connectivity index (χ1n) is 6.51. The molecule has 0 bridgehead atoms. The number of alkyl halides is 4. The minimum absolute atomic E-state index is 0.146. The van der Waals surface area contributed by atoms with Crippen molar-refractivity contribution in [3.63, 3.8) is 0 Å². The van der Waals surface area contributed by atoms with Crippen molar-refractivity contribution in [3.8, 4) is 0 Å². The highest BCUT2D eigenvalue weighted by Crippen LogP contribution is 2.33. The molecule has 2 rings (SSSR count). The van der Waals surface area contributed by atoms with Crippen LogP contribution in [0.3, 0.4) is 0 Å². The number of nitrogens with zero attached hydrogens (tertiary/aromatic N) is 2. The highest BCUT2D eigenvalue weighted by molar-refractivity contribution is 7.98. The summed E-state index contributed by atoms with van der Waals surface area (Å²) in [4.78, 5) is 4.26. The standard InChI is InChI=1S/C14H16ClF3N2S/c1-9(5-6-21-2)20-12-4-3-10(14(16,17)18)7-11(12)19-13(20)8-15/h3-4,7,9H,5-6,8H2,1-2H3. The van der Waals surface area contributed by atoms with Gasteiger partial charge in [-0.25, -0.2) is 4.98 Å². The maximum atomic E-state index is 12.8. The fraction of sp³-hybridized carbons (Fsp3) is 0.500. The molecule has 1 atom stereocenters. The average Bonchev–Trinajstić information content (AvgIpc) is 2.81. The second-order valence-corrected chi connectivity index (χ2v) is 6.12. The number of fused-ring (bicyclic) bond motifs is 1. The third kappa shape index (κ3) is 3.48. The van der Waals surface area contributed by atoms with Crippen LogP contribution in [0.25, 0.3) is 11.0 Å². The van der Waals surface area contributed by atoms with Crippen LogP contribution in [0.1, 0.15) is 30.8 Å². The Morgan fingerprint density at radius 2 is 2.10 bits per heavy atom. The SMILES string of the molecule is CSCCC(C)n1c(CCl)nc2cc(C(F)(F)F)ccc21. The topological polar surface area (TPSA) is 17.8 Å². The largest absolute Gasteiger partial charge is 0.416 e. The Labute approximate surface area is 130 Å². The number of rotatable bonds is 5. The van der Waals surface area contributed by atoms with E-state index in [-0.39, 0.29) is 11.9 Å². The van der Waals surface area contributed by atoms with E-state index < -0.39 is 11.7 Å². The molecule has 1 aromatic heterocycles. The van der Waals surface area contributed by atoms with Gasteiger partial charge in [-0.15, -0.1) is 11.6 Å². The van der Waals surface area contributed by atoms with Crippen LogP contribution in [0.5, 0.6) is 0 Å². The summed E-state index contributed by atoms with van der Waals surface area (Å²) in [6.07, 6.45) is -1.42. The first-order chi connectivity index (χ1) is 9.88. The Kier molecular flexibility index (Phi) is 5.09. The van der Waals surface area contributed by atoms with Crippen molar-refractivity contribution in [3.05, 3.63) is 29.6 Å². The molecule has 1 aromatic carbocycles. The normalized spacial score (nSPS) is 13.8. The second kappa shape index (κ2) is 6.48. The van der Waals surface area contributed by atoms with Gasteiger partial charge in [-0.2, -0.15) is 24.9 Å². The minimum atomic E-state index is -4.36. The van der Waals surface area contributed by atoms with Crippen LogP contribution < -0.4 is 0 Å². The molecule has 2 aromatic rings. The molecule has 116 valence electrons. The summed E-state index contributed by atoms with van der Waals surface area (Å²) in [5.41, 5.74) is 0.362. The predicted molar refractivity (Wildman–Crippen MR) is 82.0 cm³/mol. The molecule has 1 unspecified atom stereocenters. The molecule has 1 heterocycles. The van der Waals surface area contributed by atoms with E-state index in [1.54, 1.807) is 11.8 Å². The van der Waals surface area contributed by atoms with Gasteiger partial charge >= 0.3 is 6.18 Å². The molecule has 0 spiro atoms. The number of imidazole rings is 1. The first kappa shape index (κ1) is 16.5. The summed E-state index contributed by atoms with van der Waals surface area (Å²) in [7, 11) is 0. The predicted octanol–water partition coefficient (Wildman–Crippen LogP) is 5.11. The van der Waals surface area contributed by atoms with Gasteiger partial charge in [0.05, 0.1) is 22.5 Å². The van der Waals surface area contributed by atoms with E-state index >= 15 is 0 Å². The zero-order valence-corrected chi connectivity index (χ0v) is 13.3. The number of halogens is 4. The average molecular weight is 337 g/mol. The third-order valence-corrected chi connectivity index (χ3v) is 4.27. The smallest absolute Gasteiger partial charge is 0.324 e. The van der Waals surface area contributed by atoms with Gasteiger partial charge < -0.3 is 4.57 Å². The maximum absolute atomic E-state index is 12.8. The van der Waals surface area contributed by atoms with Crippen LogP contribution in [0, 0.1) is 0 Å². The zero-order chi connectivity index (χ0) is 15.6. The van der Waals surface area contributed by atoms with Crippen molar-refractivity contribution in [2.45, 2.75) is 31.4 Å². The van der Waals surface area contributed by atoms with Crippen LogP contribution in [0.4, 0.5) is 13.2 Å². The van der Waals surface area contributed by atoms with Gasteiger partial charge in [0, 0.05) is 6.04 Å². The van der Waals surface area contributed by atoms with Crippen molar-refractivity contribution in [2.24, 2.45) is 0 Å². The molecule has 0 aliphatic heterocycles. The van der Waals surface area contributed by atoms with Crippen molar-refractivity contribution in [1.29, 1.82) is 0 Å². The highest BCUT2D eigenvalue weighted by Gasteiger charge is 2.31. The number of benzene rings is 1. The van der Waals surface area contributed by atoms with Crippen LogP contribution in [0.15, 0.2) is 18.2 Å². The molecule has 0 radical (unpaired) electrons. The molecule has 0 N–H and O–H groups in total. The van der Waals surface area contributed by atoms with Gasteiger partial charge in [0.25, 0.3) is 0 Å². The van der Waals surface area contributed by atoms with Crippen molar-refractivity contribution in [2.75, 3.05) is 12.0 Å². The number of thioether (sulfide) groups is 1. The van der Waals surface area contributed by atoms with E-state index in [4.69, 9.17) is 11.6 Å². The Morgan fingerprint density at radius 3 is 2.67 bits per heavy atom. The van der Waals surface area contributed by atoms with Crippen molar-refractivity contribution in [1.82, 2.24) is 9.55 Å². The van der Waals surface area contributed by atoms with Crippen LogP contribution in [-0.4, -0.2) is 21.6 Å². The van der Waals surface area contributed by atoms with Crippen molar-refractivity contribution < 1.29 is 13.2 Å². The van der Waals surface area contributed by atoms with E-state index in [2.05, 4.69) is 4.98 Å². The molecule has 0 saturated carbocycles. The minimum Gasteiger partial charge on any atom is -0.324 e. The second-order valence-electron chi connectivity index (χ2n) is 4.86. The Morgan fingerprint density at radius 1 is 1.38 bits per heavy atom. The molecule has 0 saturated heterocycles. The van der Waals surface area contributed by atoms with Crippen LogP contribution in [0.2, 0.25) is 0 Å². The van der Waals surface area contributed by atoms with E-state index in [1.807, 2.05) is 17.7 Å².